The third-order valence-corrected chi connectivity index (χ3v) is 2.24. The Bertz CT molecular complexity index is 341. The van der Waals surface area contributed by atoms with E-state index in [0.717, 1.165) is 12.1 Å². The van der Waals surface area contributed by atoms with Gasteiger partial charge in [0.2, 0.25) is 0 Å². The van der Waals surface area contributed by atoms with Crippen molar-refractivity contribution in [3.63, 3.8) is 0 Å². The fourth-order valence-corrected chi connectivity index (χ4v) is 1.28. The van der Waals surface area contributed by atoms with Crippen LogP contribution in [-0.4, -0.2) is 31.3 Å². The quantitative estimate of drug-likeness (QED) is 0.684. The lowest BCUT2D eigenvalue weighted by Gasteiger charge is -2.09. The van der Waals surface area contributed by atoms with Gasteiger partial charge in [-0.3, -0.25) is 4.79 Å². The van der Waals surface area contributed by atoms with Gasteiger partial charge in [-0.2, -0.15) is 0 Å². The Morgan fingerprint density at radius 2 is 1.87 bits per heavy atom. The molecular weight excluding hydrogens is 186 g/mol. The van der Waals surface area contributed by atoms with Crippen LogP contribution in [0.3, 0.4) is 0 Å². The molecule has 2 nitrogen and oxygen atoms in total. The molecule has 0 aliphatic heterocycles. The second-order valence-electron chi connectivity index (χ2n) is 3.82. The molecule has 0 aromatic heterocycles. The molecule has 0 bridgehead atoms. The molecule has 0 radical (unpaired) electrons. The summed E-state index contributed by atoms with van der Waals surface area (Å²) in [5.74, 6) is 0.120. The minimum atomic E-state index is 0.120. The maximum absolute atomic E-state index is 11.7. The van der Waals surface area contributed by atoms with Crippen LogP contribution in [0, 0.1) is 0 Å². The number of nitrogens with zero attached hydrogens (tertiary/aromatic N) is 1. The van der Waals surface area contributed by atoms with E-state index in [1.165, 1.54) is 0 Å². The number of Topliss-reactive ketones (excluding diaryl/α,β-unsaturated/α-hetero) is 1. The lowest BCUT2D eigenvalue weighted by molar-refractivity contribution is -0.113. The summed E-state index contributed by atoms with van der Waals surface area (Å²) in [6, 6.07) is 9.59. The Kier molecular flexibility index (Phi) is 4.25. The standard InChI is InChI=1S/C13H17NO/c1-11(12-7-5-4-6-8-12)13(15)9-10-14(2)3/h4-8H,1,9-10H2,2-3H3. The molecular formula is C13H17NO. The third-order valence-electron chi connectivity index (χ3n) is 2.24. The van der Waals surface area contributed by atoms with E-state index in [0.29, 0.717) is 12.0 Å². The molecule has 15 heavy (non-hydrogen) atoms. The molecule has 0 aliphatic carbocycles. The van der Waals surface area contributed by atoms with Gasteiger partial charge < -0.3 is 4.90 Å². The summed E-state index contributed by atoms with van der Waals surface area (Å²) in [5.41, 5.74) is 1.53. The number of carbonyl (C=O) groups is 1. The Balaban J connectivity index is 2.58. The maximum Gasteiger partial charge on any atom is 0.164 e. The van der Waals surface area contributed by atoms with Crippen molar-refractivity contribution in [2.45, 2.75) is 6.42 Å². The SMILES string of the molecule is C=C(C(=O)CCN(C)C)c1ccccc1. The van der Waals surface area contributed by atoms with E-state index in [1.54, 1.807) is 0 Å². The molecule has 1 rings (SSSR count). The van der Waals surface area contributed by atoms with E-state index in [9.17, 15) is 4.79 Å². The first-order valence-electron chi connectivity index (χ1n) is 5.03. The molecule has 0 atom stereocenters. The van der Waals surface area contributed by atoms with Crippen molar-refractivity contribution in [1.29, 1.82) is 0 Å². The van der Waals surface area contributed by atoms with Gasteiger partial charge in [-0.1, -0.05) is 36.9 Å². The number of rotatable bonds is 5. The van der Waals surface area contributed by atoms with Crippen LogP contribution in [-0.2, 0) is 4.79 Å². The van der Waals surface area contributed by atoms with Crippen LogP contribution < -0.4 is 0 Å². The van der Waals surface area contributed by atoms with E-state index >= 15 is 0 Å². The molecule has 0 amide bonds. The van der Waals surface area contributed by atoms with Gasteiger partial charge >= 0.3 is 0 Å². The number of allylic oxidation sites excluding steroid dienone is 1. The van der Waals surface area contributed by atoms with Gasteiger partial charge in [-0.25, -0.2) is 0 Å². The van der Waals surface area contributed by atoms with Crippen molar-refractivity contribution >= 4 is 11.4 Å². The van der Waals surface area contributed by atoms with Gasteiger partial charge in [-0.05, 0) is 19.7 Å². The summed E-state index contributed by atoms with van der Waals surface area (Å²) in [6.07, 6.45) is 0.528. The monoisotopic (exact) mass is 203 g/mol. The van der Waals surface area contributed by atoms with Crippen LogP contribution in [0.2, 0.25) is 0 Å². The molecule has 0 unspecified atom stereocenters. The number of carbonyl (C=O) groups excluding carboxylic acids is 1. The lowest BCUT2D eigenvalue weighted by atomic mass is 10.0. The second kappa shape index (κ2) is 5.47. The predicted octanol–water partition coefficient (Wildman–Crippen LogP) is 2.22. The zero-order valence-corrected chi connectivity index (χ0v) is 9.36. The van der Waals surface area contributed by atoms with E-state index < -0.39 is 0 Å². The summed E-state index contributed by atoms with van der Waals surface area (Å²) < 4.78 is 0. The maximum atomic E-state index is 11.7. The molecule has 0 saturated carbocycles. The van der Waals surface area contributed by atoms with Crippen molar-refractivity contribution in [1.82, 2.24) is 4.90 Å². The van der Waals surface area contributed by atoms with Crippen LogP contribution >= 0.6 is 0 Å². The van der Waals surface area contributed by atoms with Gasteiger partial charge in [0.1, 0.15) is 0 Å². The highest BCUT2D eigenvalue weighted by molar-refractivity contribution is 6.19. The Morgan fingerprint density at radius 1 is 1.27 bits per heavy atom. The zero-order chi connectivity index (χ0) is 11.3. The largest absolute Gasteiger partial charge is 0.309 e. The molecule has 2 heteroatoms. The van der Waals surface area contributed by atoms with Crippen molar-refractivity contribution in [3.8, 4) is 0 Å². The summed E-state index contributed by atoms with van der Waals surface area (Å²) in [5, 5.41) is 0. The van der Waals surface area contributed by atoms with Crippen LogP contribution in [0.25, 0.3) is 5.57 Å². The summed E-state index contributed by atoms with van der Waals surface area (Å²) in [7, 11) is 3.91. The normalized spacial score (nSPS) is 10.3. The topological polar surface area (TPSA) is 20.3 Å². The van der Waals surface area contributed by atoms with E-state index in [2.05, 4.69) is 6.58 Å². The van der Waals surface area contributed by atoms with Crippen LogP contribution in [0.1, 0.15) is 12.0 Å². The Hall–Kier alpha value is -1.41. The van der Waals surface area contributed by atoms with Gasteiger partial charge in [0, 0.05) is 18.5 Å². The van der Waals surface area contributed by atoms with Crippen molar-refractivity contribution < 1.29 is 4.79 Å². The highest BCUT2D eigenvalue weighted by Crippen LogP contribution is 2.14. The minimum absolute atomic E-state index is 0.120. The first-order valence-corrected chi connectivity index (χ1v) is 5.03. The molecule has 80 valence electrons. The molecule has 1 aromatic carbocycles. The molecule has 0 N–H and O–H groups in total. The first kappa shape index (κ1) is 11.7. The van der Waals surface area contributed by atoms with Gasteiger partial charge in [0.25, 0.3) is 0 Å². The third kappa shape index (κ3) is 3.68. The van der Waals surface area contributed by atoms with Crippen LogP contribution in [0.4, 0.5) is 0 Å². The average molecular weight is 203 g/mol. The van der Waals surface area contributed by atoms with Crippen molar-refractivity contribution in [3.05, 3.63) is 42.5 Å². The van der Waals surface area contributed by atoms with Crippen LogP contribution in [0.5, 0.6) is 0 Å². The van der Waals surface area contributed by atoms with Gasteiger partial charge in [0.05, 0.1) is 0 Å². The molecule has 0 spiro atoms. The van der Waals surface area contributed by atoms with E-state index in [4.69, 9.17) is 0 Å². The van der Waals surface area contributed by atoms with Crippen molar-refractivity contribution in [2.24, 2.45) is 0 Å². The summed E-state index contributed by atoms with van der Waals surface area (Å²) >= 11 is 0. The van der Waals surface area contributed by atoms with Gasteiger partial charge in [-0.15, -0.1) is 0 Å². The highest BCUT2D eigenvalue weighted by Gasteiger charge is 2.08. The number of hydrogen-bond donors (Lipinski definition) is 0. The highest BCUT2D eigenvalue weighted by atomic mass is 16.1. The fourth-order valence-electron chi connectivity index (χ4n) is 1.28. The average Bonchev–Trinajstić information content (AvgIpc) is 2.26. The van der Waals surface area contributed by atoms with E-state index in [-0.39, 0.29) is 5.78 Å². The number of ketones is 1. The van der Waals surface area contributed by atoms with Crippen LogP contribution in [0.15, 0.2) is 36.9 Å². The number of benzene rings is 1. The molecule has 0 aliphatic rings. The lowest BCUT2D eigenvalue weighted by Crippen LogP contribution is -2.17. The smallest absolute Gasteiger partial charge is 0.164 e. The molecule has 0 heterocycles. The zero-order valence-electron chi connectivity index (χ0n) is 9.36. The second-order valence-corrected chi connectivity index (χ2v) is 3.82. The Labute approximate surface area is 91.2 Å². The fraction of sp³-hybridized carbons (Fsp3) is 0.308. The molecule has 0 saturated heterocycles. The number of hydrogen-bond acceptors (Lipinski definition) is 2. The minimum Gasteiger partial charge on any atom is -0.309 e. The summed E-state index contributed by atoms with van der Waals surface area (Å²) in [4.78, 5) is 13.7. The van der Waals surface area contributed by atoms with E-state index in [1.807, 2.05) is 49.3 Å². The molecule has 0 fully saturated rings. The van der Waals surface area contributed by atoms with Gasteiger partial charge in [0.15, 0.2) is 5.78 Å². The first-order chi connectivity index (χ1) is 7.11. The predicted molar refractivity (Wildman–Crippen MR) is 63.7 cm³/mol. The van der Waals surface area contributed by atoms with Crippen molar-refractivity contribution in [2.75, 3.05) is 20.6 Å². The summed E-state index contributed by atoms with van der Waals surface area (Å²) in [6.45, 7) is 4.60. The Morgan fingerprint density at radius 3 is 2.40 bits per heavy atom. The molecule has 1 aromatic rings.